The summed E-state index contributed by atoms with van der Waals surface area (Å²) in [5, 5.41) is 8.08. The summed E-state index contributed by atoms with van der Waals surface area (Å²) in [5.74, 6) is 2.14. The molecule has 0 spiro atoms. The Kier molecular flexibility index (Phi) is 3.89. The minimum atomic E-state index is 0.701. The number of fused-ring (bicyclic) bond motifs is 1. The third kappa shape index (κ3) is 2.88. The van der Waals surface area contributed by atoms with Crippen molar-refractivity contribution in [3.63, 3.8) is 0 Å². The molecule has 2 aliphatic rings. The van der Waals surface area contributed by atoms with E-state index in [2.05, 4.69) is 20.7 Å². The summed E-state index contributed by atoms with van der Waals surface area (Å²) in [5.41, 5.74) is 1.13. The fraction of sp³-hybridized carbons (Fsp3) is 0.692. The van der Waals surface area contributed by atoms with Gasteiger partial charge in [0.2, 0.25) is 0 Å². The molecule has 98 valence electrons. The van der Waals surface area contributed by atoms with Crippen molar-refractivity contribution in [2.75, 3.05) is 12.3 Å². The molecule has 1 N–H and O–H groups in total. The fourth-order valence-corrected chi connectivity index (χ4v) is 4.63. The lowest BCUT2D eigenvalue weighted by molar-refractivity contribution is 0.490. The Hall–Kier alpha value is -0.550. The van der Waals surface area contributed by atoms with E-state index >= 15 is 0 Å². The van der Waals surface area contributed by atoms with Crippen LogP contribution in [-0.2, 0) is 6.42 Å². The number of aromatic nitrogens is 1. The second kappa shape index (κ2) is 5.61. The molecule has 18 heavy (non-hydrogen) atoms. The topological polar surface area (TPSA) is 37.3 Å². The van der Waals surface area contributed by atoms with Crippen LogP contribution in [-0.4, -0.2) is 28.5 Å². The molecule has 1 aliphatic carbocycles. The van der Waals surface area contributed by atoms with E-state index in [0.29, 0.717) is 6.04 Å². The molecule has 1 aromatic rings. The summed E-state index contributed by atoms with van der Waals surface area (Å²) in [4.78, 5) is 9.15. The van der Waals surface area contributed by atoms with Crippen LogP contribution in [0.3, 0.4) is 0 Å². The van der Waals surface area contributed by atoms with Gasteiger partial charge in [-0.15, -0.1) is 11.3 Å². The zero-order valence-corrected chi connectivity index (χ0v) is 12.3. The summed E-state index contributed by atoms with van der Waals surface area (Å²) < 4.78 is 0. The average Bonchev–Trinajstić information content (AvgIpc) is 2.97. The number of rotatable bonds is 3. The van der Waals surface area contributed by atoms with Gasteiger partial charge in [0.05, 0.1) is 5.01 Å². The molecule has 1 saturated heterocycles. The summed E-state index contributed by atoms with van der Waals surface area (Å²) in [6, 6.07) is 0.701. The van der Waals surface area contributed by atoms with Crippen molar-refractivity contribution in [3.05, 3.63) is 16.1 Å². The number of amidine groups is 1. The van der Waals surface area contributed by atoms with Gasteiger partial charge in [-0.25, -0.2) is 4.98 Å². The second-order valence-electron chi connectivity index (χ2n) is 5.07. The normalized spacial score (nSPS) is 29.3. The van der Waals surface area contributed by atoms with Crippen molar-refractivity contribution < 1.29 is 0 Å². The van der Waals surface area contributed by atoms with Gasteiger partial charge >= 0.3 is 0 Å². The van der Waals surface area contributed by atoms with Crippen molar-refractivity contribution >= 4 is 28.3 Å². The number of aliphatic imine (C=N–C) groups is 1. The third-order valence-corrected chi connectivity index (χ3v) is 5.79. The maximum absolute atomic E-state index is 4.68. The molecule has 1 aliphatic heterocycles. The molecule has 0 amide bonds. The predicted molar refractivity (Wildman–Crippen MR) is 79.6 cm³/mol. The SMILES string of the molecule is Cc1csc(CCN=C2NC3CCCC3CS2)n1. The van der Waals surface area contributed by atoms with E-state index in [0.717, 1.165) is 29.7 Å². The van der Waals surface area contributed by atoms with Crippen LogP contribution in [0, 0.1) is 12.8 Å². The van der Waals surface area contributed by atoms with Crippen LogP contribution in [0.25, 0.3) is 0 Å². The molecule has 1 aromatic heterocycles. The minimum absolute atomic E-state index is 0.701. The van der Waals surface area contributed by atoms with Crippen LogP contribution < -0.4 is 5.32 Å². The molecule has 0 bridgehead atoms. The molecule has 1 saturated carbocycles. The molecule has 2 heterocycles. The molecule has 3 nitrogen and oxygen atoms in total. The zero-order chi connectivity index (χ0) is 12.4. The first-order chi connectivity index (χ1) is 8.81. The summed E-state index contributed by atoms with van der Waals surface area (Å²) in [7, 11) is 0. The molecule has 0 radical (unpaired) electrons. The molecule has 2 unspecified atom stereocenters. The predicted octanol–water partition coefficient (Wildman–Crippen LogP) is 2.86. The van der Waals surface area contributed by atoms with Gasteiger partial charge in [0.15, 0.2) is 5.17 Å². The largest absolute Gasteiger partial charge is 0.362 e. The molecule has 0 aromatic carbocycles. The highest BCUT2D eigenvalue weighted by Crippen LogP contribution is 2.32. The monoisotopic (exact) mass is 281 g/mol. The number of nitrogens with one attached hydrogen (secondary N) is 1. The maximum atomic E-state index is 4.68. The maximum Gasteiger partial charge on any atom is 0.156 e. The number of thiazole rings is 1. The third-order valence-electron chi connectivity index (χ3n) is 3.65. The Balaban J connectivity index is 1.50. The molecule has 3 rings (SSSR count). The van der Waals surface area contributed by atoms with Crippen LogP contribution in [0.15, 0.2) is 10.4 Å². The number of aryl methyl sites for hydroxylation is 1. The minimum Gasteiger partial charge on any atom is -0.362 e. The van der Waals surface area contributed by atoms with Gasteiger partial charge in [-0.2, -0.15) is 0 Å². The number of thioether (sulfide) groups is 1. The van der Waals surface area contributed by atoms with Gasteiger partial charge in [0, 0.05) is 35.8 Å². The number of hydrogen-bond donors (Lipinski definition) is 1. The highest BCUT2D eigenvalue weighted by Gasteiger charge is 2.31. The summed E-state index contributed by atoms with van der Waals surface area (Å²) in [6.45, 7) is 2.91. The van der Waals surface area contributed by atoms with Crippen molar-refractivity contribution in [3.8, 4) is 0 Å². The highest BCUT2D eigenvalue weighted by atomic mass is 32.2. The van der Waals surface area contributed by atoms with Crippen LogP contribution in [0.4, 0.5) is 0 Å². The van der Waals surface area contributed by atoms with Crippen molar-refractivity contribution in [1.82, 2.24) is 10.3 Å². The van der Waals surface area contributed by atoms with E-state index in [-0.39, 0.29) is 0 Å². The van der Waals surface area contributed by atoms with Gasteiger partial charge in [0.25, 0.3) is 0 Å². The lowest BCUT2D eigenvalue weighted by atomic mass is 10.1. The highest BCUT2D eigenvalue weighted by molar-refractivity contribution is 8.13. The molecular weight excluding hydrogens is 262 g/mol. The van der Waals surface area contributed by atoms with E-state index in [4.69, 9.17) is 0 Å². The molecule has 2 fully saturated rings. The second-order valence-corrected chi connectivity index (χ2v) is 7.02. The Bertz CT molecular complexity index is 441. The van der Waals surface area contributed by atoms with E-state index < -0.39 is 0 Å². The van der Waals surface area contributed by atoms with Crippen LogP contribution in [0.2, 0.25) is 0 Å². The first-order valence-electron chi connectivity index (χ1n) is 6.66. The Labute approximate surface area is 116 Å². The summed E-state index contributed by atoms with van der Waals surface area (Å²) >= 11 is 3.65. The first kappa shape index (κ1) is 12.5. The smallest absolute Gasteiger partial charge is 0.156 e. The number of hydrogen-bond acceptors (Lipinski definition) is 4. The van der Waals surface area contributed by atoms with Crippen LogP contribution in [0.5, 0.6) is 0 Å². The van der Waals surface area contributed by atoms with Gasteiger partial charge in [0.1, 0.15) is 0 Å². The van der Waals surface area contributed by atoms with Crippen LogP contribution >= 0.6 is 23.1 Å². The van der Waals surface area contributed by atoms with Gasteiger partial charge in [-0.3, -0.25) is 4.99 Å². The van der Waals surface area contributed by atoms with E-state index in [1.165, 1.54) is 30.0 Å². The van der Waals surface area contributed by atoms with E-state index in [1.54, 1.807) is 11.3 Å². The van der Waals surface area contributed by atoms with Gasteiger partial charge in [-0.1, -0.05) is 18.2 Å². The van der Waals surface area contributed by atoms with Gasteiger partial charge in [-0.05, 0) is 25.7 Å². The standard InChI is InChI=1S/C13H19N3S2/c1-9-7-17-12(15-9)5-6-14-13-16-11-4-2-3-10(11)8-18-13/h7,10-11H,2-6,8H2,1H3,(H,14,16). The van der Waals surface area contributed by atoms with E-state index in [9.17, 15) is 0 Å². The number of nitrogens with zero attached hydrogens (tertiary/aromatic N) is 2. The van der Waals surface area contributed by atoms with Crippen molar-refractivity contribution in [2.45, 2.75) is 38.6 Å². The Morgan fingerprint density at radius 2 is 2.44 bits per heavy atom. The fourth-order valence-electron chi connectivity index (χ4n) is 2.67. The van der Waals surface area contributed by atoms with Crippen molar-refractivity contribution in [1.29, 1.82) is 0 Å². The summed E-state index contributed by atoms with van der Waals surface area (Å²) in [6.07, 6.45) is 5.08. The Morgan fingerprint density at radius 3 is 3.28 bits per heavy atom. The molecule has 2 atom stereocenters. The molecule has 5 heteroatoms. The van der Waals surface area contributed by atoms with E-state index in [1.807, 2.05) is 18.7 Å². The quantitative estimate of drug-likeness (QED) is 0.925. The lowest BCUT2D eigenvalue weighted by Crippen LogP contribution is -2.41. The first-order valence-corrected chi connectivity index (χ1v) is 8.52. The zero-order valence-electron chi connectivity index (χ0n) is 10.7. The molecular formula is C13H19N3S2. The van der Waals surface area contributed by atoms with Crippen LogP contribution in [0.1, 0.15) is 30.0 Å². The van der Waals surface area contributed by atoms with Gasteiger partial charge < -0.3 is 5.32 Å². The lowest BCUT2D eigenvalue weighted by Gasteiger charge is -2.27. The average molecular weight is 281 g/mol. The Morgan fingerprint density at radius 1 is 1.50 bits per heavy atom. The van der Waals surface area contributed by atoms with Crippen molar-refractivity contribution in [2.24, 2.45) is 10.9 Å².